The number of aryl methyl sites for hydroxylation is 1. The number of nitrogens with zero attached hydrogens (tertiary/aromatic N) is 4. The summed E-state index contributed by atoms with van der Waals surface area (Å²) in [5, 5.41) is 18.2. The molecule has 0 bridgehead atoms. The molecule has 0 spiro atoms. The maximum absolute atomic E-state index is 11.2. The molecule has 2 aromatic rings. The molecule has 1 aromatic carbocycles. The van der Waals surface area contributed by atoms with E-state index in [1.54, 1.807) is 14.0 Å². The molecular formula is C12H13N5O. The van der Waals surface area contributed by atoms with Crippen LogP contribution in [0.15, 0.2) is 24.3 Å². The lowest BCUT2D eigenvalue weighted by molar-refractivity contribution is -0.119. The zero-order chi connectivity index (χ0) is 13.0. The fraction of sp³-hybridized carbons (Fsp3) is 0.250. The molecule has 18 heavy (non-hydrogen) atoms. The summed E-state index contributed by atoms with van der Waals surface area (Å²) in [5.74, 6) is 1.000. The SMILES string of the molecule is CNC(=O)Cc1ccc(-c2nnc(C)nn2)cc1. The lowest BCUT2D eigenvalue weighted by atomic mass is 10.1. The second-order valence-electron chi connectivity index (χ2n) is 3.82. The summed E-state index contributed by atoms with van der Waals surface area (Å²) in [5.41, 5.74) is 1.77. The lowest BCUT2D eigenvalue weighted by Crippen LogP contribution is -2.19. The van der Waals surface area contributed by atoms with Gasteiger partial charge >= 0.3 is 0 Å². The van der Waals surface area contributed by atoms with E-state index in [0.717, 1.165) is 11.1 Å². The molecule has 0 saturated heterocycles. The molecule has 0 radical (unpaired) electrons. The van der Waals surface area contributed by atoms with E-state index in [0.29, 0.717) is 18.1 Å². The maximum atomic E-state index is 11.2. The Morgan fingerprint density at radius 3 is 2.28 bits per heavy atom. The van der Waals surface area contributed by atoms with Gasteiger partial charge in [-0.2, -0.15) is 0 Å². The van der Waals surface area contributed by atoms with Crippen LogP contribution in [0.2, 0.25) is 0 Å². The molecule has 1 N–H and O–H groups in total. The van der Waals surface area contributed by atoms with E-state index in [-0.39, 0.29) is 5.91 Å². The van der Waals surface area contributed by atoms with Crippen LogP contribution < -0.4 is 5.32 Å². The summed E-state index contributed by atoms with van der Waals surface area (Å²) in [7, 11) is 1.62. The van der Waals surface area contributed by atoms with Crippen LogP contribution in [0.4, 0.5) is 0 Å². The molecule has 1 aromatic heterocycles. The van der Waals surface area contributed by atoms with Gasteiger partial charge in [0, 0.05) is 12.6 Å². The quantitative estimate of drug-likeness (QED) is 0.850. The predicted molar refractivity (Wildman–Crippen MR) is 65.6 cm³/mol. The van der Waals surface area contributed by atoms with Crippen LogP contribution in [0.1, 0.15) is 11.4 Å². The fourth-order valence-electron chi connectivity index (χ4n) is 1.44. The Kier molecular flexibility index (Phi) is 3.57. The van der Waals surface area contributed by atoms with Crippen molar-refractivity contribution < 1.29 is 4.79 Å². The normalized spacial score (nSPS) is 10.1. The molecule has 0 atom stereocenters. The van der Waals surface area contributed by atoms with E-state index in [1.165, 1.54) is 0 Å². The Morgan fingerprint density at radius 2 is 1.72 bits per heavy atom. The van der Waals surface area contributed by atoms with Crippen molar-refractivity contribution in [3.05, 3.63) is 35.7 Å². The average Bonchev–Trinajstić information content (AvgIpc) is 2.40. The first-order valence-electron chi connectivity index (χ1n) is 5.53. The van der Waals surface area contributed by atoms with Gasteiger partial charge in [-0.15, -0.1) is 20.4 Å². The first kappa shape index (κ1) is 12.1. The minimum atomic E-state index is -0.0160. The molecule has 6 heteroatoms. The highest BCUT2D eigenvalue weighted by Gasteiger charge is 2.04. The summed E-state index contributed by atoms with van der Waals surface area (Å²) < 4.78 is 0. The van der Waals surface area contributed by atoms with Crippen LogP contribution >= 0.6 is 0 Å². The van der Waals surface area contributed by atoms with Crippen molar-refractivity contribution in [1.82, 2.24) is 25.7 Å². The van der Waals surface area contributed by atoms with Gasteiger partial charge in [-0.25, -0.2) is 0 Å². The smallest absolute Gasteiger partial charge is 0.224 e. The average molecular weight is 243 g/mol. The molecule has 0 aliphatic rings. The van der Waals surface area contributed by atoms with Crippen molar-refractivity contribution in [2.75, 3.05) is 7.05 Å². The standard InChI is InChI=1S/C12H13N5O/c1-8-14-16-12(17-15-8)10-5-3-9(4-6-10)7-11(18)13-2/h3-6H,7H2,1-2H3,(H,13,18). The summed E-state index contributed by atoms with van der Waals surface area (Å²) in [4.78, 5) is 11.2. The van der Waals surface area contributed by atoms with Crippen molar-refractivity contribution >= 4 is 5.91 Å². The van der Waals surface area contributed by atoms with E-state index >= 15 is 0 Å². The molecule has 6 nitrogen and oxygen atoms in total. The summed E-state index contributed by atoms with van der Waals surface area (Å²) in [6, 6.07) is 7.44. The molecule has 0 aliphatic carbocycles. The van der Waals surface area contributed by atoms with Crippen LogP contribution in [-0.4, -0.2) is 33.3 Å². The minimum Gasteiger partial charge on any atom is -0.359 e. The molecule has 2 rings (SSSR count). The van der Waals surface area contributed by atoms with Crippen LogP contribution in [0.5, 0.6) is 0 Å². The maximum Gasteiger partial charge on any atom is 0.224 e. The predicted octanol–water partition coefficient (Wildman–Crippen LogP) is 0.531. The van der Waals surface area contributed by atoms with Gasteiger partial charge in [-0.05, 0) is 12.5 Å². The second-order valence-corrected chi connectivity index (χ2v) is 3.82. The monoisotopic (exact) mass is 243 g/mol. The number of carbonyl (C=O) groups excluding carboxylic acids is 1. The highest BCUT2D eigenvalue weighted by molar-refractivity contribution is 5.78. The van der Waals surface area contributed by atoms with Gasteiger partial charge in [0.25, 0.3) is 0 Å². The van der Waals surface area contributed by atoms with Crippen molar-refractivity contribution in [2.24, 2.45) is 0 Å². The number of hydrogen-bond donors (Lipinski definition) is 1. The number of hydrogen-bond acceptors (Lipinski definition) is 5. The number of likely N-dealkylation sites (N-methyl/N-ethyl adjacent to an activating group) is 1. The summed E-state index contributed by atoms with van der Waals surface area (Å²) >= 11 is 0. The summed E-state index contributed by atoms with van der Waals surface area (Å²) in [6.07, 6.45) is 0.363. The van der Waals surface area contributed by atoms with Gasteiger partial charge in [0.15, 0.2) is 5.82 Å². The Morgan fingerprint density at radius 1 is 1.11 bits per heavy atom. The number of nitrogens with one attached hydrogen (secondary N) is 1. The molecule has 1 amide bonds. The molecule has 0 saturated carbocycles. The topological polar surface area (TPSA) is 80.7 Å². The number of amides is 1. The van der Waals surface area contributed by atoms with E-state index in [9.17, 15) is 4.79 Å². The molecule has 0 aliphatic heterocycles. The molecule has 1 heterocycles. The highest BCUT2D eigenvalue weighted by Crippen LogP contribution is 2.14. The van der Waals surface area contributed by atoms with Gasteiger partial charge in [-0.3, -0.25) is 4.79 Å². The zero-order valence-corrected chi connectivity index (χ0v) is 10.2. The van der Waals surface area contributed by atoms with E-state index in [2.05, 4.69) is 25.7 Å². The first-order chi connectivity index (χ1) is 8.69. The molecule has 0 fully saturated rings. The van der Waals surface area contributed by atoms with E-state index < -0.39 is 0 Å². The Labute approximate surface area is 104 Å². The van der Waals surface area contributed by atoms with Gasteiger partial charge in [0.1, 0.15) is 0 Å². The van der Waals surface area contributed by atoms with E-state index in [4.69, 9.17) is 0 Å². The number of benzene rings is 1. The Bertz CT molecular complexity index is 535. The summed E-state index contributed by atoms with van der Waals surface area (Å²) in [6.45, 7) is 1.73. The van der Waals surface area contributed by atoms with Crippen LogP contribution in [0, 0.1) is 6.92 Å². The van der Waals surface area contributed by atoms with Gasteiger partial charge < -0.3 is 5.32 Å². The van der Waals surface area contributed by atoms with Crippen LogP contribution in [0.3, 0.4) is 0 Å². The number of aromatic nitrogens is 4. The molecular weight excluding hydrogens is 230 g/mol. The Balaban J connectivity index is 2.17. The highest BCUT2D eigenvalue weighted by atomic mass is 16.1. The molecule has 0 unspecified atom stereocenters. The van der Waals surface area contributed by atoms with Gasteiger partial charge in [-0.1, -0.05) is 24.3 Å². The second kappa shape index (κ2) is 5.31. The minimum absolute atomic E-state index is 0.0160. The van der Waals surface area contributed by atoms with Crippen molar-refractivity contribution in [2.45, 2.75) is 13.3 Å². The number of rotatable bonds is 3. The fourth-order valence-corrected chi connectivity index (χ4v) is 1.44. The zero-order valence-electron chi connectivity index (χ0n) is 10.2. The third kappa shape index (κ3) is 2.85. The lowest BCUT2D eigenvalue weighted by Gasteiger charge is -2.02. The number of carbonyl (C=O) groups is 1. The van der Waals surface area contributed by atoms with E-state index in [1.807, 2.05) is 24.3 Å². The van der Waals surface area contributed by atoms with Crippen LogP contribution in [-0.2, 0) is 11.2 Å². The van der Waals surface area contributed by atoms with Crippen LogP contribution in [0.25, 0.3) is 11.4 Å². The van der Waals surface area contributed by atoms with Crippen molar-refractivity contribution in [3.8, 4) is 11.4 Å². The largest absolute Gasteiger partial charge is 0.359 e. The third-order valence-corrected chi connectivity index (χ3v) is 2.43. The Hall–Kier alpha value is -2.37. The van der Waals surface area contributed by atoms with Crippen molar-refractivity contribution in [3.63, 3.8) is 0 Å². The van der Waals surface area contributed by atoms with Gasteiger partial charge in [0.2, 0.25) is 11.7 Å². The molecule has 92 valence electrons. The first-order valence-corrected chi connectivity index (χ1v) is 5.53. The van der Waals surface area contributed by atoms with Gasteiger partial charge in [0.05, 0.1) is 6.42 Å². The van der Waals surface area contributed by atoms with Crippen molar-refractivity contribution in [1.29, 1.82) is 0 Å². The third-order valence-electron chi connectivity index (χ3n) is 2.43.